The summed E-state index contributed by atoms with van der Waals surface area (Å²) in [5.74, 6) is 0. The number of carboxylic acid groups (broad SMARTS) is 1. The summed E-state index contributed by atoms with van der Waals surface area (Å²) < 4.78 is 10.8. The first-order valence-electron chi connectivity index (χ1n) is 18.7. The van der Waals surface area contributed by atoms with E-state index in [9.17, 15) is 9.90 Å². The number of unbranched alkanes of at least 4 members (excludes halogenated alkanes) is 18. The molecule has 0 aromatic carbocycles. The van der Waals surface area contributed by atoms with Gasteiger partial charge in [-0.2, -0.15) is 0 Å². The van der Waals surface area contributed by atoms with Gasteiger partial charge in [-0.15, -0.1) is 0 Å². The van der Waals surface area contributed by atoms with Crippen LogP contribution in [0, 0.1) is 0 Å². The molecule has 0 aromatic heterocycles. The highest BCUT2D eigenvalue weighted by molar-refractivity contribution is 5.57. The normalized spacial score (nSPS) is 13.4. The summed E-state index contributed by atoms with van der Waals surface area (Å²) in [4.78, 5) is 11.1. The zero-order valence-electron chi connectivity index (χ0n) is 29.0. The van der Waals surface area contributed by atoms with Crippen LogP contribution in [0.2, 0.25) is 0 Å². The third-order valence-corrected chi connectivity index (χ3v) is 8.17. The van der Waals surface area contributed by atoms with Crippen LogP contribution in [0.3, 0.4) is 0 Å². The van der Waals surface area contributed by atoms with Crippen molar-refractivity contribution in [3.05, 3.63) is 36.5 Å². The Morgan fingerprint density at radius 2 is 1.07 bits per heavy atom. The van der Waals surface area contributed by atoms with Crippen molar-refractivity contribution < 1.29 is 24.5 Å². The average molecular weight is 621 g/mol. The molecule has 0 saturated heterocycles. The first-order chi connectivity index (χ1) is 21.6. The second-order valence-electron chi connectivity index (χ2n) is 12.6. The maximum absolute atomic E-state index is 11.1. The van der Waals surface area contributed by atoms with Gasteiger partial charge in [0.15, 0.2) is 0 Å². The maximum atomic E-state index is 11.1. The zero-order valence-corrected chi connectivity index (χ0v) is 29.0. The Hall–Kier alpha value is -1.59. The van der Waals surface area contributed by atoms with Crippen LogP contribution in [-0.2, 0) is 9.47 Å². The molecule has 0 aliphatic carbocycles. The van der Waals surface area contributed by atoms with E-state index in [1.807, 2.05) is 0 Å². The molecule has 0 fully saturated rings. The molecule has 2 unspecified atom stereocenters. The third-order valence-electron chi connectivity index (χ3n) is 8.17. The Balaban J connectivity index is 3.62. The number of aliphatic hydroxyl groups excluding tert-OH is 1. The fourth-order valence-corrected chi connectivity index (χ4v) is 5.36. The second kappa shape index (κ2) is 35.9. The van der Waals surface area contributed by atoms with Crippen molar-refractivity contribution in [1.82, 2.24) is 0 Å². The second-order valence-corrected chi connectivity index (χ2v) is 12.6. The Kier molecular flexibility index (Phi) is 34.6. The minimum Gasteiger partial charge on any atom is -0.450 e. The van der Waals surface area contributed by atoms with Gasteiger partial charge in [-0.1, -0.05) is 140 Å². The van der Waals surface area contributed by atoms with Gasteiger partial charge >= 0.3 is 6.16 Å². The Morgan fingerprint density at radius 3 is 1.68 bits per heavy atom. The maximum Gasteiger partial charge on any atom is 0.506 e. The molecule has 0 aliphatic heterocycles. The van der Waals surface area contributed by atoms with Gasteiger partial charge in [-0.05, 0) is 77.0 Å². The van der Waals surface area contributed by atoms with Gasteiger partial charge in [0.2, 0.25) is 0 Å². The van der Waals surface area contributed by atoms with Crippen molar-refractivity contribution >= 4 is 6.16 Å². The van der Waals surface area contributed by atoms with Crippen LogP contribution in [0.25, 0.3) is 0 Å². The number of hydrogen-bond acceptors (Lipinski definition) is 4. The lowest BCUT2D eigenvalue weighted by molar-refractivity contribution is -0.00676. The van der Waals surface area contributed by atoms with Gasteiger partial charge < -0.3 is 19.7 Å². The van der Waals surface area contributed by atoms with Crippen LogP contribution in [0.4, 0.5) is 4.79 Å². The molecule has 5 nitrogen and oxygen atoms in total. The van der Waals surface area contributed by atoms with E-state index in [0.717, 1.165) is 57.8 Å². The summed E-state index contributed by atoms with van der Waals surface area (Å²) in [5.41, 5.74) is 0. The molecule has 0 saturated carbocycles. The quantitative estimate of drug-likeness (QED) is 0.0425. The fraction of sp³-hybridized carbons (Fsp3) is 0.821. The van der Waals surface area contributed by atoms with E-state index >= 15 is 0 Å². The van der Waals surface area contributed by atoms with Gasteiger partial charge in [0, 0.05) is 6.61 Å². The molecular formula is C39H72O5. The Labute approximate surface area is 273 Å². The number of allylic oxidation sites excluding steroid dienone is 5. The lowest BCUT2D eigenvalue weighted by Crippen LogP contribution is -2.23. The van der Waals surface area contributed by atoms with Crippen LogP contribution in [0.1, 0.15) is 181 Å². The molecule has 2 N–H and O–H groups in total. The molecule has 0 bridgehead atoms. The first-order valence-corrected chi connectivity index (χ1v) is 18.7. The van der Waals surface area contributed by atoms with Crippen molar-refractivity contribution in [2.45, 2.75) is 193 Å². The summed E-state index contributed by atoms with van der Waals surface area (Å²) in [6.07, 6.45) is 41.8. The Bertz CT molecular complexity index is 671. The number of carbonyl (C=O) groups is 1. The van der Waals surface area contributed by atoms with Gasteiger partial charge in [0.05, 0.1) is 12.7 Å². The summed E-state index contributed by atoms with van der Waals surface area (Å²) in [6.45, 7) is 5.51. The SMILES string of the molecule is CCCCCC=CCC=CCCCCCCCCOCC(CCCCCCCCC=CCC(O)CCCCCC)OC(=O)O. The lowest BCUT2D eigenvalue weighted by Gasteiger charge is -2.16. The van der Waals surface area contributed by atoms with E-state index in [1.54, 1.807) is 0 Å². The van der Waals surface area contributed by atoms with Crippen LogP contribution in [0.15, 0.2) is 36.5 Å². The highest BCUT2D eigenvalue weighted by Crippen LogP contribution is 2.14. The fourth-order valence-electron chi connectivity index (χ4n) is 5.36. The van der Waals surface area contributed by atoms with Crippen molar-refractivity contribution in [1.29, 1.82) is 0 Å². The molecule has 0 amide bonds. The molecule has 258 valence electrons. The predicted octanol–water partition coefficient (Wildman–Crippen LogP) is 12.3. The topological polar surface area (TPSA) is 76.0 Å². The van der Waals surface area contributed by atoms with E-state index in [4.69, 9.17) is 14.6 Å². The molecule has 0 rings (SSSR count). The molecular weight excluding hydrogens is 548 g/mol. The molecule has 5 heteroatoms. The highest BCUT2D eigenvalue weighted by atomic mass is 16.7. The zero-order chi connectivity index (χ0) is 32.2. The third kappa shape index (κ3) is 34.9. The molecule has 0 aromatic rings. The van der Waals surface area contributed by atoms with E-state index in [-0.39, 0.29) is 12.2 Å². The van der Waals surface area contributed by atoms with Crippen LogP contribution in [0.5, 0.6) is 0 Å². The first kappa shape index (κ1) is 42.4. The average Bonchev–Trinajstić information content (AvgIpc) is 3.00. The van der Waals surface area contributed by atoms with Crippen LogP contribution in [-0.4, -0.2) is 41.8 Å². The largest absolute Gasteiger partial charge is 0.506 e. The van der Waals surface area contributed by atoms with Crippen molar-refractivity contribution in [2.24, 2.45) is 0 Å². The lowest BCUT2D eigenvalue weighted by atomic mass is 10.1. The van der Waals surface area contributed by atoms with Crippen LogP contribution < -0.4 is 0 Å². The standard InChI is InChI=1S/C39H72O5/c1-3-5-7-9-10-11-12-13-14-15-16-17-21-24-27-31-35-43-36-38(44-39(41)42)34-30-26-23-20-18-19-22-25-29-33-37(40)32-28-8-6-4-2/h10-11,13-14,25,29,37-38,40H,3-9,12,15-24,26-28,30-36H2,1-2H3,(H,41,42). The minimum atomic E-state index is -1.20. The molecule has 0 spiro atoms. The van der Waals surface area contributed by atoms with Crippen molar-refractivity contribution in [3.63, 3.8) is 0 Å². The monoisotopic (exact) mass is 621 g/mol. The highest BCUT2D eigenvalue weighted by Gasteiger charge is 2.13. The van der Waals surface area contributed by atoms with Gasteiger partial charge in [-0.3, -0.25) is 0 Å². The predicted molar refractivity (Wildman–Crippen MR) is 189 cm³/mol. The molecule has 0 heterocycles. The van der Waals surface area contributed by atoms with Crippen molar-refractivity contribution in [3.8, 4) is 0 Å². The summed E-state index contributed by atoms with van der Waals surface area (Å²) in [6, 6.07) is 0. The molecule has 2 atom stereocenters. The van der Waals surface area contributed by atoms with E-state index in [0.29, 0.717) is 13.2 Å². The number of ether oxygens (including phenoxy) is 2. The minimum absolute atomic E-state index is 0.182. The summed E-state index contributed by atoms with van der Waals surface area (Å²) in [5, 5.41) is 19.1. The molecule has 0 aliphatic rings. The van der Waals surface area contributed by atoms with E-state index in [2.05, 4.69) is 50.3 Å². The van der Waals surface area contributed by atoms with Gasteiger partial charge in [0.25, 0.3) is 0 Å². The van der Waals surface area contributed by atoms with Crippen molar-refractivity contribution in [2.75, 3.05) is 13.2 Å². The summed E-state index contributed by atoms with van der Waals surface area (Å²) in [7, 11) is 0. The summed E-state index contributed by atoms with van der Waals surface area (Å²) >= 11 is 0. The van der Waals surface area contributed by atoms with E-state index < -0.39 is 6.16 Å². The van der Waals surface area contributed by atoms with Crippen LogP contribution >= 0.6 is 0 Å². The molecule has 0 radical (unpaired) electrons. The number of aliphatic hydroxyl groups is 1. The van der Waals surface area contributed by atoms with E-state index in [1.165, 1.54) is 109 Å². The number of rotatable bonds is 34. The van der Waals surface area contributed by atoms with Gasteiger partial charge in [0.1, 0.15) is 6.10 Å². The number of hydrogen-bond donors (Lipinski definition) is 2. The molecule has 44 heavy (non-hydrogen) atoms. The van der Waals surface area contributed by atoms with Gasteiger partial charge in [-0.25, -0.2) is 4.79 Å². The smallest absolute Gasteiger partial charge is 0.450 e. The Morgan fingerprint density at radius 1 is 0.591 bits per heavy atom.